The van der Waals surface area contributed by atoms with E-state index >= 15 is 0 Å². The Morgan fingerprint density at radius 3 is 1.62 bits per heavy atom. The molecule has 13 heavy (non-hydrogen) atoms. The Balaban J connectivity index is -0.0000000546. The van der Waals surface area contributed by atoms with Crippen molar-refractivity contribution in [2.45, 2.75) is 13.1 Å². The van der Waals surface area contributed by atoms with Crippen molar-refractivity contribution in [1.82, 2.24) is 20.4 Å². The second-order valence-corrected chi connectivity index (χ2v) is 8.74. The molecule has 10 heteroatoms. The zero-order valence-corrected chi connectivity index (χ0v) is 14.7. The summed E-state index contributed by atoms with van der Waals surface area (Å²) in [5.74, 6) is 0. The largest absolute Gasteiger partial charge is 0.535 e. The summed E-state index contributed by atoms with van der Waals surface area (Å²) in [7, 11) is 1.65. The van der Waals surface area contributed by atoms with Crippen LogP contribution >= 0.6 is 0 Å². The van der Waals surface area contributed by atoms with Crippen LogP contribution in [-0.4, -0.2) is 56.4 Å². The number of nitrogens with one attached hydrogen (secondary N) is 3. The van der Waals surface area contributed by atoms with Gasteiger partial charge in [-0.15, -0.1) is 0 Å². The minimum atomic E-state index is -0.524. The van der Waals surface area contributed by atoms with Crippen molar-refractivity contribution < 1.29 is 10.3 Å². The highest BCUT2D eigenvalue weighted by molar-refractivity contribution is 6.48. The molecule has 0 aliphatic rings. The number of rotatable bonds is 5. The molecule has 0 bridgehead atoms. The van der Waals surface area contributed by atoms with Crippen molar-refractivity contribution in [1.29, 1.82) is 0 Å². The van der Waals surface area contributed by atoms with Crippen LogP contribution in [0.2, 0.25) is 13.1 Å². The van der Waals surface area contributed by atoms with Gasteiger partial charge in [0, 0.05) is 0 Å². The zero-order chi connectivity index (χ0) is 8.95. The van der Waals surface area contributed by atoms with Gasteiger partial charge in [-0.25, -0.2) is 0 Å². The van der Waals surface area contributed by atoms with Crippen molar-refractivity contribution in [2.24, 2.45) is 0 Å². The van der Waals surface area contributed by atoms with Crippen LogP contribution in [0.1, 0.15) is 0 Å². The van der Waals surface area contributed by atoms with Crippen LogP contribution in [0.25, 0.3) is 0 Å². The van der Waals surface area contributed by atoms with Crippen LogP contribution in [0, 0.1) is 0 Å². The van der Waals surface area contributed by atoms with E-state index in [0.29, 0.717) is 0 Å². The van der Waals surface area contributed by atoms with Crippen molar-refractivity contribution >= 4 is 39.1 Å². The summed E-state index contributed by atoms with van der Waals surface area (Å²) in [6.07, 6.45) is 0. The molecule has 0 rings (SSSR count). The topological polar surface area (TPSA) is 125 Å². The molecular weight excluding hydrogens is 236 g/mol. The van der Waals surface area contributed by atoms with E-state index in [-0.39, 0.29) is 40.8 Å². The Labute approximate surface area is 90.4 Å². The summed E-state index contributed by atoms with van der Waals surface area (Å²) in [5, 5.41) is 0. The maximum atomic E-state index is 6.67. The van der Waals surface area contributed by atoms with Gasteiger partial charge in [-0.1, -0.05) is 13.1 Å². The second kappa shape index (κ2) is 29.3. The van der Waals surface area contributed by atoms with Crippen molar-refractivity contribution in [3.05, 3.63) is 0 Å². The zero-order valence-electron chi connectivity index (χ0n) is 9.04. The Bertz CT molecular complexity index is 58.7. The van der Waals surface area contributed by atoms with Crippen molar-refractivity contribution in [3.63, 3.8) is 0 Å². The molecular formula is C3H27N4O2Si4+. The van der Waals surface area contributed by atoms with Crippen LogP contribution in [0.4, 0.5) is 0 Å². The van der Waals surface area contributed by atoms with Crippen molar-refractivity contribution in [2.75, 3.05) is 7.05 Å². The molecule has 0 unspecified atom stereocenters. The molecule has 0 atom stereocenters. The molecule has 0 aliphatic carbocycles. The third kappa shape index (κ3) is 45.0. The molecule has 6 nitrogen and oxygen atoms in total. The predicted molar refractivity (Wildman–Crippen MR) is 73.5 cm³/mol. The van der Waals surface area contributed by atoms with Gasteiger partial charge < -0.3 is 30.7 Å². The molecule has 0 aromatic rings. The quantitative estimate of drug-likeness (QED) is 0.225. The summed E-state index contributed by atoms with van der Waals surface area (Å²) in [6.45, 7) is 4.41. The van der Waals surface area contributed by atoms with Crippen molar-refractivity contribution in [3.8, 4) is 0 Å². The molecule has 0 saturated heterocycles. The smallest absolute Gasteiger partial charge is 0.431 e. The van der Waals surface area contributed by atoms with E-state index < -0.39 is 9.92 Å². The SMILES string of the molecule is CN[SiH2]N[SiH2]C.C[SiH2]N[SiH2][OH2+].N.O. The van der Waals surface area contributed by atoms with Gasteiger partial charge in [0.05, 0.1) is 19.4 Å². The van der Waals surface area contributed by atoms with Gasteiger partial charge in [0.15, 0.2) is 9.84 Å². The third-order valence-electron chi connectivity index (χ3n) is 0.927. The monoisotopic (exact) mass is 263 g/mol. The van der Waals surface area contributed by atoms with E-state index in [1.54, 1.807) is 0 Å². The fraction of sp³-hybridized carbons (Fsp3) is 1.00. The minimum absolute atomic E-state index is 0. The molecule has 0 heterocycles. The average Bonchev–Trinajstić information content (AvgIpc) is 2.04. The van der Waals surface area contributed by atoms with Gasteiger partial charge >= 0.3 is 9.92 Å². The first-order valence-electron chi connectivity index (χ1n) is 4.04. The van der Waals surface area contributed by atoms with Crippen LogP contribution < -0.4 is 20.4 Å². The van der Waals surface area contributed by atoms with Gasteiger partial charge in [0.25, 0.3) is 0 Å². The first-order valence-corrected chi connectivity index (χ1v) is 11.1. The Morgan fingerprint density at radius 1 is 1.08 bits per heavy atom. The molecule has 0 saturated carbocycles. The third-order valence-corrected chi connectivity index (χ3v) is 7.28. The van der Waals surface area contributed by atoms with Crippen LogP contribution in [0.5, 0.6) is 0 Å². The first-order chi connectivity index (χ1) is 5.33. The summed E-state index contributed by atoms with van der Waals surface area (Å²) in [4.78, 5) is 9.80. The molecule has 0 fully saturated rings. The molecule has 0 spiro atoms. The number of hydrogen-bond acceptors (Lipinski definition) is 4. The molecule has 0 aromatic carbocycles. The summed E-state index contributed by atoms with van der Waals surface area (Å²) < 4.78 is 6.42. The highest BCUT2D eigenvalue weighted by Crippen LogP contribution is 1.37. The highest BCUT2D eigenvalue weighted by Gasteiger charge is 1.75. The molecule has 0 radical (unpaired) electrons. The lowest BCUT2D eigenvalue weighted by Crippen LogP contribution is -2.31. The normalized spacial score (nSPS) is 11.1. The minimum Gasteiger partial charge on any atom is -0.535 e. The van der Waals surface area contributed by atoms with Gasteiger partial charge in [0.2, 0.25) is 0 Å². The Kier molecular flexibility index (Phi) is 52.9. The van der Waals surface area contributed by atoms with Crippen LogP contribution in [-0.2, 0) is 0 Å². The highest BCUT2D eigenvalue weighted by atomic mass is 28.3. The molecule has 0 aliphatic heterocycles. The second-order valence-electron chi connectivity index (χ2n) is 1.91. The fourth-order valence-electron chi connectivity index (χ4n) is 0.375. The Morgan fingerprint density at radius 2 is 1.54 bits per heavy atom. The number of hydrogen-bond donors (Lipinski definition) is 4. The molecule has 0 amide bonds. The lowest BCUT2D eigenvalue weighted by molar-refractivity contribution is 0.598. The summed E-state index contributed by atoms with van der Waals surface area (Å²) in [5.41, 5.74) is 0. The van der Waals surface area contributed by atoms with Crippen LogP contribution in [0.15, 0.2) is 0 Å². The molecule has 0 aromatic heterocycles. The summed E-state index contributed by atoms with van der Waals surface area (Å²) in [6, 6.07) is 0. The van der Waals surface area contributed by atoms with Gasteiger partial charge in [-0.3, -0.25) is 0 Å². The van der Waals surface area contributed by atoms with E-state index in [9.17, 15) is 0 Å². The van der Waals surface area contributed by atoms with Crippen LogP contribution in [0.3, 0.4) is 0 Å². The fourth-order valence-corrected chi connectivity index (χ4v) is 3.37. The van der Waals surface area contributed by atoms with E-state index in [1.165, 1.54) is 0 Å². The Hall–Kier alpha value is 0.628. The lowest BCUT2D eigenvalue weighted by atomic mass is 11.6. The van der Waals surface area contributed by atoms with E-state index in [4.69, 9.17) is 4.80 Å². The predicted octanol–water partition coefficient (Wildman–Crippen LogP) is -5.31. The standard InChI is InChI=1S/C2H12N2Si2.CH9NOSi2.H3N.H2O/c1-3-6-4-5-2;1-4-2-5-3;;/h3-4H,5-6H2,1-2H3;2-3H,4-5H2,1H3;1H3;1H2/p+1. The van der Waals surface area contributed by atoms with Gasteiger partial charge in [0.1, 0.15) is 0 Å². The maximum absolute atomic E-state index is 6.67. The first kappa shape index (κ1) is 23.4. The van der Waals surface area contributed by atoms with E-state index in [0.717, 1.165) is 0 Å². The van der Waals surface area contributed by atoms with E-state index in [2.05, 4.69) is 27.4 Å². The van der Waals surface area contributed by atoms with E-state index in [1.807, 2.05) is 7.05 Å². The van der Waals surface area contributed by atoms with Gasteiger partial charge in [-0.2, -0.15) is 0 Å². The lowest BCUT2D eigenvalue weighted by Gasteiger charge is -1.92. The summed E-state index contributed by atoms with van der Waals surface area (Å²) >= 11 is 0. The maximum Gasteiger partial charge on any atom is 0.431 e. The average molecular weight is 264 g/mol. The molecule has 86 valence electrons. The van der Waals surface area contributed by atoms with Gasteiger partial charge in [-0.05, 0) is 7.05 Å². The molecule has 10 N–H and O–H groups in total.